The highest BCUT2D eigenvalue weighted by Crippen LogP contribution is 2.24. The Balaban J connectivity index is 1.57. The van der Waals surface area contributed by atoms with Gasteiger partial charge in [-0.3, -0.25) is 14.8 Å². The standard InChI is InChI=1S/C22H18N4O/c1-15-7-9-18(10-8-15)26-22(27)17-12-19(14-23-13-17)25-20-6-2-4-16-5-3-11-24-21(16)20/h2-14,25H,1H3,(H,26,27). The number of amides is 1. The van der Waals surface area contributed by atoms with Crippen molar-refractivity contribution in [2.75, 3.05) is 10.6 Å². The van der Waals surface area contributed by atoms with Gasteiger partial charge >= 0.3 is 0 Å². The molecule has 2 N–H and O–H groups in total. The molecule has 5 nitrogen and oxygen atoms in total. The Hall–Kier alpha value is -3.73. The maximum Gasteiger partial charge on any atom is 0.257 e. The van der Waals surface area contributed by atoms with Crippen molar-refractivity contribution in [2.24, 2.45) is 0 Å². The van der Waals surface area contributed by atoms with Crippen LogP contribution in [0.4, 0.5) is 17.1 Å². The largest absolute Gasteiger partial charge is 0.352 e. The van der Waals surface area contributed by atoms with Crippen molar-refractivity contribution in [1.82, 2.24) is 9.97 Å². The summed E-state index contributed by atoms with van der Waals surface area (Å²) >= 11 is 0. The van der Waals surface area contributed by atoms with E-state index in [0.29, 0.717) is 5.56 Å². The summed E-state index contributed by atoms with van der Waals surface area (Å²) < 4.78 is 0. The van der Waals surface area contributed by atoms with Crippen LogP contribution in [-0.4, -0.2) is 15.9 Å². The summed E-state index contributed by atoms with van der Waals surface area (Å²) in [5.41, 5.74) is 4.84. The molecule has 0 bridgehead atoms. The monoisotopic (exact) mass is 354 g/mol. The number of nitrogens with zero attached hydrogens (tertiary/aromatic N) is 2. The van der Waals surface area contributed by atoms with Gasteiger partial charge in [-0.05, 0) is 37.3 Å². The minimum absolute atomic E-state index is 0.203. The zero-order valence-corrected chi connectivity index (χ0v) is 14.8. The summed E-state index contributed by atoms with van der Waals surface area (Å²) in [6, 6.07) is 19.3. The first-order chi connectivity index (χ1) is 13.2. The van der Waals surface area contributed by atoms with Crippen molar-refractivity contribution in [3.63, 3.8) is 0 Å². The van der Waals surface area contributed by atoms with Crippen molar-refractivity contribution in [3.8, 4) is 0 Å². The lowest BCUT2D eigenvalue weighted by atomic mass is 10.2. The van der Waals surface area contributed by atoms with Gasteiger partial charge in [-0.25, -0.2) is 0 Å². The number of aryl methyl sites for hydroxylation is 1. The fourth-order valence-corrected chi connectivity index (χ4v) is 2.83. The fraction of sp³-hybridized carbons (Fsp3) is 0.0455. The van der Waals surface area contributed by atoms with E-state index in [4.69, 9.17) is 0 Å². The number of para-hydroxylation sites is 1. The number of hydrogen-bond donors (Lipinski definition) is 2. The van der Waals surface area contributed by atoms with Crippen molar-refractivity contribution >= 4 is 33.9 Å². The molecule has 1 amide bonds. The molecule has 5 heteroatoms. The van der Waals surface area contributed by atoms with Gasteiger partial charge in [0.15, 0.2) is 0 Å². The predicted molar refractivity (Wildman–Crippen MR) is 108 cm³/mol. The maximum atomic E-state index is 12.5. The first-order valence-electron chi connectivity index (χ1n) is 8.63. The van der Waals surface area contributed by atoms with E-state index >= 15 is 0 Å². The number of carbonyl (C=O) groups is 1. The van der Waals surface area contributed by atoms with Crippen LogP contribution in [0.1, 0.15) is 15.9 Å². The molecule has 4 rings (SSSR count). The van der Waals surface area contributed by atoms with Crippen LogP contribution in [0.3, 0.4) is 0 Å². The SMILES string of the molecule is Cc1ccc(NC(=O)c2cncc(Nc3cccc4cccnc34)c2)cc1. The summed E-state index contributed by atoms with van der Waals surface area (Å²) in [7, 11) is 0. The van der Waals surface area contributed by atoms with E-state index in [0.717, 1.165) is 33.5 Å². The van der Waals surface area contributed by atoms with Gasteiger partial charge in [-0.15, -0.1) is 0 Å². The van der Waals surface area contributed by atoms with Crippen LogP contribution >= 0.6 is 0 Å². The molecular formula is C22H18N4O. The minimum atomic E-state index is -0.203. The van der Waals surface area contributed by atoms with Crippen LogP contribution in [-0.2, 0) is 0 Å². The third kappa shape index (κ3) is 3.77. The van der Waals surface area contributed by atoms with Crippen LogP contribution in [0, 0.1) is 6.92 Å². The zero-order chi connectivity index (χ0) is 18.6. The molecule has 0 saturated heterocycles. The minimum Gasteiger partial charge on any atom is -0.352 e. The van der Waals surface area contributed by atoms with E-state index < -0.39 is 0 Å². The van der Waals surface area contributed by atoms with Gasteiger partial charge in [0.25, 0.3) is 5.91 Å². The lowest BCUT2D eigenvalue weighted by Crippen LogP contribution is -2.12. The van der Waals surface area contributed by atoms with Crippen LogP contribution in [0.15, 0.2) is 79.3 Å². The number of carbonyl (C=O) groups excluding carboxylic acids is 1. The van der Waals surface area contributed by atoms with Gasteiger partial charge < -0.3 is 10.6 Å². The number of fused-ring (bicyclic) bond motifs is 1. The second-order valence-corrected chi connectivity index (χ2v) is 6.29. The summed E-state index contributed by atoms with van der Waals surface area (Å²) in [4.78, 5) is 21.2. The number of benzene rings is 2. The molecule has 132 valence electrons. The molecule has 0 spiro atoms. The smallest absolute Gasteiger partial charge is 0.257 e. The number of nitrogens with one attached hydrogen (secondary N) is 2. The highest BCUT2D eigenvalue weighted by Gasteiger charge is 2.09. The molecule has 4 aromatic rings. The summed E-state index contributed by atoms with van der Waals surface area (Å²) in [5, 5.41) is 7.24. The van der Waals surface area contributed by atoms with Gasteiger partial charge in [0.05, 0.1) is 28.7 Å². The van der Waals surface area contributed by atoms with Crippen molar-refractivity contribution < 1.29 is 4.79 Å². The first kappa shape index (κ1) is 16.7. The lowest BCUT2D eigenvalue weighted by molar-refractivity contribution is 0.102. The van der Waals surface area contributed by atoms with Crippen molar-refractivity contribution in [2.45, 2.75) is 6.92 Å². The summed E-state index contributed by atoms with van der Waals surface area (Å²) in [6.07, 6.45) is 5.00. The molecule has 0 unspecified atom stereocenters. The highest BCUT2D eigenvalue weighted by molar-refractivity contribution is 6.04. The Bertz CT molecular complexity index is 1100. The average molecular weight is 354 g/mol. The molecule has 0 atom stereocenters. The maximum absolute atomic E-state index is 12.5. The molecule has 2 aromatic carbocycles. The third-order valence-electron chi connectivity index (χ3n) is 4.22. The molecule has 0 aliphatic rings. The zero-order valence-electron chi connectivity index (χ0n) is 14.8. The van der Waals surface area contributed by atoms with E-state index in [1.807, 2.05) is 61.5 Å². The second kappa shape index (κ2) is 7.25. The van der Waals surface area contributed by atoms with E-state index in [2.05, 4.69) is 20.6 Å². The summed E-state index contributed by atoms with van der Waals surface area (Å²) in [6.45, 7) is 2.01. The Morgan fingerprint density at radius 3 is 2.59 bits per heavy atom. The molecule has 0 fully saturated rings. The molecule has 27 heavy (non-hydrogen) atoms. The normalized spacial score (nSPS) is 10.6. The van der Waals surface area contributed by atoms with Gasteiger partial charge in [-0.1, -0.05) is 35.9 Å². The molecular weight excluding hydrogens is 336 g/mol. The van der Waals surface area contributed by atoms with Gasteiger partial charge in [-0.2, -0.15) is 0 Å². The number of rotatable bonds is 4. The Labute approximate surface area is 157 Å². The predicted octanol–water partition coefficient (Wildman–Crippen LogP) is 4.93. The van der Waals surface area contributed by atoms with E-state index in [9.17, 15) is 4.79 Å². The number of aromatic nitrogens is 2. The third-order valence-corrected chi connectivity index (χ3v) is 4.22. The number of pyridine rings is 2. The topological polar surface area (TPSA) is 66.9 Å². The van der Waals surface area contributed by atoms with Crippen LogP contribution in [0.25, 0.3) is 10.9 Å². The molecule has 0 aliphatic heterocycles. The second-order valence-electron chi connectivity index (χ2n) is 6.29. The fourth-order valence-electron chi connectivity index (χ4n) is 2.83. The molecule has 2 heterocycles. The number of hydrogen-bond acceptors (Lipinski definition) is 4. The van der Waals surface area contributed by atoms with Crippen molar-refractivity contribution in [3.05, 3.63) is 90.4 Å². The molecule has 0 aliphatic carbocycles. The van der Waals surface area contributed by atoms with E-state index in [1.54, 1.807) is 24.7 Å². The average Bonchev–Trinajstić information content (AvgIpc) is 2.70. The lowest BCUT2D eigenvalue weighted by Gasteiger charge is -2.10. The summed E-state index contributed by atoms with van der Waals surface area (Å²) in [5.74, 6) is -0.203. The van der Waals surface area contributed by atoms with Gasteiger partial charge in [0.2, 0.25) is 0 Å². The number of anilines is 3. The highest BCUT2D eigenvalue weighted by atomic mass is 16.1. The quantitative estimate of drug-likeness (QED) is 0.545. The van der Waals surface area contributed by atoms with Crippen LogP contribution in [0.5, 0.6) is 0 Å². The molecule has 0 saturated carbocycles. The van der Waals surface area contributed by atoms with E-state index in [1.165, 1.54) is 0 Å². The van der Waals surface area contributed by atoms with Gasteiger partial charge in [0, 0.05) is 23.5 Å². The van der Waals surface area contributed by atoms with Crippen LogP contribution in [0.2, 0.25) is 0 Å². The van der Waals surface area contributed by atoms with Gasteiger partial charge in [0.1, 0.15) is 0 Å². The Morgan fingerprint density at radius 2 is 1.74 bits per heavy atom. The van der Waals surface area contributed by atoms with Crippen LogP contribution < -0.4 is 10.6 Å². The van der Waals surface area contributed by atoms with Crippen molar-refractivity contribution in [1.29, 1.82) is 0 Å². The molecule has 2 aromatic heterocycles. The molecule has 0 radical (unpaired) electrons. The van der Waals surface area contributed by atoms with E-state index in [-0.39, 0.29) is 5.91 Å². The Kier molecular flexibility index (Phi) is 4.49. The Morgan fingerprint density at radius 1 is 0.926 bits per heavy atom. The first-order valence-corrected chi connectivity index (χ1v) is 8.63.